The summed E-state index contributed by atoms with van der Waals surface area (Å²) in [7, 11) is 0. The summed E-state index contributed by atoms with van der Waals surface area (Å²) in [6, 6.07) is 12.1. The van der Waals surface area contributed by atoms with Crippen LogP contribution in [-0.2, 0) is 6.54 Å². The number of nitrogens with two attached hydrogens (primary N) is 1. The van der Waals surface area contributed by atoms with Gasteiger partial charge in [-0.3, -0.25) is 10.5 Å². The van der Waals surface area contributed by atoms with E-state index in [4.69, 9.17) is 5.73 Å². The molecule has 2 aromatic heterocycles. The number of carbonyl (C=O) groups is 1. The number of hydrogen-bond acceptors (Lipinski definition) is 9. The fourth-order valence-electron chi connectivity index (χ4n) is 3.81. The number of ether oxygens (including phenoxy) is 2. The number of aromatic nitrogens is 2. The Balaban J connectivity index is 0.000000180. The van der Waals surface area contributed by atoms with Gasteiger partial charge in [-0.1, -0.05) is 6.42 Å². The number of alkyl halides is 6. The highest BCUT2D eigenvalue weighted by molar-refractivity contribution is 7.13. The first kappa shape index (κ1) is 34.2. The Morgan fingerprint density at radius 3 is 1.71 bits per heavy atom. The van der Waals surface area contributed by atoms with Gasteiger partial charge in [-0.25, -0.2) is 9.97 Å². The summed E-state index contributed by atoms with van der Waals surface area (Å²) in [6.45, 7) is 0.733. The van der Waals surface area contributed by atoms with Crippen molar-refractivity contribution in [2.75, 3.05) is 0 Å². The van der Waals surface area contributed by atoms with Crippen LogP contribution in [-0.4, -0.2) is 41.1 Å². The molecule has 0 spiro atoms. The molecule has 4 aromatic rings. The summed E-state index contributed by atoms with van der Waals surface area (Å²) >= 11 is 2.73. The molecule has 0 bridgehead atoms. The third-order valence-electron chi connectivity index (χ3n) is 6.51. The third-order valence-corrected chi connectivity index (χ3v) is 8.36. The summed E-state index contributed by atoms with van der Waals surface area (Å²) in [5.74, 6) is -0.516. The summed E-state index contributed by atoms with van der Waals surface area (Å²) in [5, 5.41) is 8.34. The predicted octanol–water partition coefficient (Wildman–Crippen LogP) is 8.18. The van der Waals surface area contributed by atoms with Gasteiger partial charge >= 0.3 is 12.7 Å². The molecule has 7 nitrogen and oxygen atoms in total. The van der Waals surface area contributed by atoms with Gasteiger partial charge in [0.1, 0.15) is 27.2 Å². The molecule has 0 amide bonds. The van der Waals surface area contributed by atoms with Crippen molar-refractivity contribution in [3.63, 3.8) is 0 Å². The van der Waals surface area contributed by atoms with Crippen LogP contribution in [0.2, 0.25) is 0 Å². The van der Waals surface area contributed by atoms with E-state index in [2.05, 4.69) is 31.2 Å². The normalized spacial score (nSPS) is 16.0. The van der Waals surface area contributed by atoms with Gasteiger partial charge < -0.3 is 14.8 Å². The Labute approximate surface area is 263 Å². The highest BCUT2D eigenvalue weighted by Gasteiger charge is 2.31. The molecule has 0 radical (unpaired) electrons. The zero-order valence-electron chi connectivity index (χ0n) is 23.6. The molecule has 1 unspecified atom stereocenters. The lowest BCUT2D eigenvalue weighted by molar-refractivity contribution is -0.275. The van der Waals surface area contributed by atoms with Crippen LogP contribution in [0.15, 0.2) is 59.3 Å². The fourth-order valence-corrected chi connectivity index (χ4v) is 5.41. The highest BCUT2D eigenvalue weighted by atomic mass is 32.1. The topological polar surface area (TPSA) is 99.4 Å². The van der Waals surface area contributed by atoms with Crippen LogP contribution in [0.25, 0.3) is 21.1 Å². The Kier molecular flexibility index (Phi) is 11.8. The SMILES string of the molecule is FC(F)(F)Oc1ccc(-c2nc(CNC3CCC3)cs2)cc1.NC1[CH+]CC1.O=Cc1csc(-c2ccc(OC(F)(F)F)cc2)n1. The molecular formula is C30H29F6N4O3S2+. The Hall–Kier alpha value is -3.66. The lowest BCUT2D eigenvalue weighted by atomic mass is 9.93. The molecule has 0 aliphatic heterocycles. The minimum absolute atomic E-state index is 0.223. The number of halogens is 6. The zero-order chi connectivity index (χ0) is 32.5. The van der Waals surface area contributed by atoms with Crippen molar-refractivity contribution in [2.24, 2.45) is 5.73 Å². The van der Waals surface area contributed by atoms with E-state index in [1.54, 1.807) is 17.5 Å². The van der Waals surface area contributed by atoms with E-state index in [-0.39, 0.29) is 11.5 Å². The zero-order valence-corrected chi connectivity index (χ0v) is 25.2. The van der Waals surface area contributed by atoms with Crippen molar-refractivity contribution in [1.29, 1.82) is 0 Å². The first-order valence-electron chi connectivity index (χ1n) is 13.8. The molecule has 3 N–H and O–H groups in total. The second-order valence-electron chi connectivity index (χ2n) is 9.97. The molecular weight excluding hydrogens is 642 g/mol. The monoisotopic (exact) mass is 671 g/mol. The van der Waals surface area contributed by atoms with Crippen LogP contribution in [0, 0.1) is 6.42 Å². The van der Waals surface area contributed by atoms with Crippen LogP contribution >= 0.6 is 22.7 Å². The maximum Gasteiger partial charge on any atom is 0.573 e. The lowest BCUT2D eigenvalue weighted by Crippen LogP contribution is -2.34. The Morgan fingerprint density at radius 2 is 1.33 bits per heavy atom. The van der Waals surface area contributed by atoms with Gasteiger partial charge in [0.2, 0.25) is 0 Å². The van der Waals surface area contributed by atoms with Crippen molar-refractivity contribution in [3.8, 4) is 32.6 Å². The molecule has 2 fully saturated rings. The second kappa shape index (κ2) is 15.6. The van der Waals surface area contributed by atoms with Crippen LogP contribution in [0.3, 0.4) is 0 Å². The number of benzene rings is 2. The molecule has 15 heteroatoms. The van der Waals surface area contributed by atoms with Crippen LogP contribution in [0.4, 0.5) is 26.3 Å². The van der Waals surface area contributed by atoms with Gasteiger partial charge in [-0.15, -0.1) is 49.0 Å². The Morgan fingerprint density at radius 1 is 0.844 bits per heavy atom. The fraction of sp³-hybridized carbons (Fsp3) is 0.333. The van der Waals surface area contributed by atoms with Crippen molar-refractivity contribution in [2.45, 2.75) is 63.5 Å². The number of carbonyl (C=O) groups excluding carboxylic acids is 1. The molecule has 2 aliphatic rings. The van der Waals surface area contributed by atoms with Gasteiger partial charge in [0, 0.05) is 40.9 Å². The Bertz CT molecular complexity index is 1480. The maximum atomic E-state index is 12.1. The van der Waals surface area contributed by atoms with Crippen molar-refractivity contribution >= 4 is 29.0 Å². The minimum atomic E-state index is -4.70. The summed E-state index contributed by atoms with van der Waals surface area (Å²) in [5.41, 5.74) is 7.99. The summed E-state index contributed by atoms with van der Waals surface area (Å²) < 4.78 is 79.8. The van der Waals surface area contributed by atoms with Crippen molar-refractivity contribution in [3.05, 3.63) is 77.1 Å². The van der Waals surface area contributed by atoms with Gasteiger partial charge in [0.25, 0.3) is 0 Å². The highest BCUT2D eigenvalue weighted by Crippen LogP contribution is 2.30. The quantitative estimate of drug-likeness (QED) is 0.111. The molecule has 6 rings (SSSR count). The van der Waals surface area contributed by atoms with E-state index in [1.165, 1.54) is 91.2 Å². The van der Waals surface area contributed by atoms with E-state index < -0.39 is 12.7 Å². The smallest absolute Gasteiger partial charge is 0.406 e. The lowest BCUT2D eigenvalue weighted by Gasteiger charge is -2.26. The maximum absolute atomic E-state index is 12.1. The first-order valence-corrected chi connectivity index (χ1v) is 15.5. The van der Waals surface area contributed by atoms with E-state index >= 15 is 0 Å². The molecule has 240 valence electrons. The number of nitrogens with zero attached hydrogens (tertiary/aromatic N) is 2. The molecule has 1 atom stereocenters. The molecule has 2 saturated carbocycles. The molecule has 0 saturated heterocycles. The number of aldehydes is 1. The van der Waals surface area contributed by atoms with Crippen LogP contribution in [0.1, 0.15) is 48.3 Å². The van der Waals surface area contributed by atoms with Gasteiger partial charge in [0.05, 0.1) is 18.5 Å². The second-order valence-corrected chi connectivity index (χ2v) is 11.7. The number of hydrogen-bond donors (Lipinski definition) is 2. The standard InChI is InChI=1S/C15H15F3N2OS.C11H6F3NO2S.C4H8N/c16-15(17,18)21-13-6-4-10(5-7-13)14-20-12(9-22-14)8-19-11-2-1-3-11;12-11(13,14)17-9-3-1-7(2-4-9)10-15-8(5-16)6-18-10;5-4-2-1-3-4/h4-7,9,11,19H,1-3,8H2;1-6H;2,4H,1,3,5H2/q;;+1. The number of thiazole rings is 2. The molecule has 2 aromatic carbocycles. The predicted molar refractivity (Wildman–Crippen MR) is 160 cm³/mol. The van der Waals surface area contributed by atoms with Gasteiger partial charge in [-0.2, -0.15) is 0 Å². The van der Waals surface area contributed by atoms with E-state index in [0.29, 0.717) is 34.6 Å². The molecule has 45 heavy (non-hydrogen) atoms. The van der Waals surface area contributed by atoms with E-state index in [0.717, 1.165) is 22.8 Å². The minimum Gasteiger partial charge on any atom is -0.406 e. The van der Waals surface area contributed by atoms with E-state index in [1.807, 2.05) is 5.38 Å². The molecule has 2 aliphatic carbocycles. The summed E-state index contributed by atoms with van der Waals surface area (Å²) in [4.78, 5) is 19.0. The van der Waals surface area contributed by atoms with Gasteiger partial charge in [0.15, 0.2) is 12.3 Å². The van der Waals surface area contributed by atoms with Crippen molar-refractivity contribution in [1.82, 2.24) is 15.3 Å². The number of rotatable bonds is 8. The largest absolute Gasteiger partial charge is 0.573 e. The average Bonchev–Trinajstić information content (AvgIpc) is 3.61. The number of nitrogens with one attached hydrogen (secondary N) is 1. The average molecular weight is 672 g/mol. The van der Waals surface area contributed by atoms with Crippen LogP contribution in [0.5, 0.6) is 11.5 Å². The van der Waals surface area contributed by atoms with Crippen LogP contribution < -0.4 is 20.5 Å². The third kappa shape index (κ3) is 11.7. The molecule has 2 heterocycles. The summed E-state index contributed by atoms with van der Waals surface area (Å²) in [6.07, 6.45) is -0.458. The first-order chi connectivity index (χ1) is 21.4. The van der Waals surface area contributed by atoms with Crippen molar-refractivity contribution < 1.29 is 40.6 Å². The van der Waals surface area contributed by atoms with Gasteiger partial charge in [-0.05, 0) is 61.4 Å². The van der Waals surface area contributed by atoms with E-state index in [9.17, 15) is 31.1 Å².